The summed E-state index contributed by atoms with van der Waals surface area (Å²) in [4.78, 5) is 12.7. The second kappa shape index (κ2) is 15.9. The number of aliphatic hydroxyl groups excluding tert-OH is 2. The SMILES string of the molecule is C=CCCC(O)CNCCN(CC(O)CCC=C)C(C)C(=O)[O-].[Li+]. The number of carboxylic acid groups (broad SMARTS) is 1. The van der Waals surface area contributed by atoms with E-state index in [1.165, 1.54) is 0 Å². The van der Waals surface area contributed by atoms with Crippen molar-refractivity contribution in [2.45, 2.75) is 50.9 Å². The molecule has 0 aliphatic rings. The van der Waals surface area contributed by atoms with Crippen molar-refractivity contribution in [2.24, 2.45) is 0 Å². The molecule has 0 amide bonds. The average molecular weight is 334 g/mol. The van der Waals surface area contributed by atoms with Gasteiger partial charge >= 0.3 is 18.9 Å². The molecule has 7 heteroatoms. The van der Waals surface area contributed by atoms with Crippen LogP contribution in [-0.2, 0) is 4.79 Å². The largest absolute Gasteiger partial charge is 1.00 e. The van der Waals surface area contributed by atoms with Gasteiger partial charge in [-0.25, -0.2) is 0 Å². The number of allylic oxidation sites excluding steroid dienone is 2. The molecule has 0 aromatic carbocycles. The van der Waals surface area contributed by atoms with E-state index in [1.54, 1.807) is 24.0 Å². The maximum atomic E-state index is 11.1. The van der Waals surface area contributed by atoms with Gasteiger partial charge in [0.2, 0.25) is 0 Å². The number of carbonyl (C=O) groups excluding carboxylic acids is 1. The first kappa shape index (κ1) is 25.6. The van der Waals surface area contributed by atoms with E-state index in [2.05, 4.69) is 18.5 Å². The van der Waals surface area contributed by atoms with Gasteiger partial charge in [-0.15, -0.1) is 13.2 Å². The molecule has 0 aliphatic carbocycles. The topological polar surface area (TPSA) is 95.9 Å². The third-order valence-corrected chi connectivity index (χ3v) is 3.70. The van der Waals surface area contributed by atoms with Crippen LogP contribution in [0.5, 0.6) is 0 Å². The first-order valence-corrected chi connectivity index (χ1v) is 8.15. The Morgan fingerprint density at radius 3 is 2.25 bits per heavy atom. The number of aliphatic carboxylic acids is 1. The number of hydrogen-bond acceptors (Lipinski definition) is 6. The number of nitrogens with zero attached hydrogens (tertiary/aromatic N) is 1. The Labute approximate surface area is 157 Å². The summed E-state index contributed by atoms with van der Waals surface area (Å²) >= 11 is 0. The van der Waals surface area contributed by atoms with Crippen molar-refractivity contribution in [2.75, 3.05) is 26.2 Å². The molecular formula is C17H31LiN2O4. The van der Waals surface area contributed by atoms with E-state index in [0.29, 0.717) is 38.9 Å². The van der Waals surface area contributed by atoms with Crippen LogP contribution in [0.2, 0.25) is 0 Å². The van der Waals surface area contributed by atoms with E-state index in [1.807, 2.05) is 0 Å². The van der Waals surface area contributed by atoms with Gasteiger partial charge in [0.05, 0.1) is 18.2 Å². The summed E-state index contributed by atoms with van der Waals surface area (Å²) < 4.78 is 0. The van der Waals surface area contributed by atoms with Gasteiger partial charge in [-0.1, -0.05) is 12.2 Å². The van der Waals surface area contributed by atoms with Crippen molar-refractivity contribution in [1.82, 2.24) is 10.2 Å². The molecule has 0 saturated carbocycles. The summed E-state index contributed by atoms with van der Waals surface area (Å²) in [6, 6.07) is -0.777. The Hall–Kier alpha value is -0.613. The predicted molar refractivity (Wildman–Crippen MR) is 89.8 cm³/mol. The molecule has 0 saturated heterocycles. The molecule has 0 bridgehead atoms. The molecule has 3 atom stereocenters. The van der Waals surface area contributed by atoms with Crippen molar-refractivity contribution in [3.63, 3.8) is 0 Å². The summed E-state index contributed by atoms with van der Waals surface area (Å²) in [6.45, 7) is 10.5. The van der Waals surface area contributed by atoms with Crippen LogP contribution in [0.3, 0.4) is 0 Å². The summed E-state index contributed by atoms with van der Waals surface area (Å²) in [6.07, 6.45) is 5.07. The number of hydrogen-bond donors (Lipinski definition) is 3. The van der Waals surface area contributed by atoms with E-state index in [-0.39, 0.29) is 25.4 Å². The van der Waals surface area contributed by atoms with Crippen LogP contribution in [0, 0.1) is 0 Å². The van der Waals surface area contributed by atoms with Crippen molar-refractivity contribution in [1.29, 1.82) is 0 Å². The van der Waals surface area contributed by atoms with Crippen LogP contribution in [0.25, 0.3) is 0 Å². The Balaban J connectivity index is 0. The summed E-state index contributed by atoms with van der Waals surface area (Å²) in [5.41, 5.74) is 0. The molecule has 0 rings (SSSR count). The van der Waals surface area contributed by atoms with E-state index in [0.717, 1.165) is 6.42 Å². The Kier molecular flexibility index (Phi) is 17.0. The predicted octanol–water partition coefficient (Wildman–Crippen LogP) is -3.33. The van der Waals surface area contributed by atoms with Crippen molar-refractivity contribution >= 4 is 5.97 Å². The van der Waals surface area contributed by atoms with Crippen molar-refractivity contribution < 1.29 is 39.0 Å². The van der Waals surface area contributed by atoms with Gasteiger partial charge in [0, 0.05) is 32.2 Å². The fraction of sp³-hybridized carbons (Fsp3) is 0.706. The molecule has 0 fully saturated rings. The standard InChI is InChI=1S/C17H32N2O4.Li/c1-4-6-8-15(20)12-18-10-11-19(14(3)17(22)23)13-16(21)9-7-5-2;/h4-5,14-16,18,20-21H,1-2,6-13H2,3H3,(H,22,23);/q;+1/p-1. The van der Waals surface area contributed by atoms with Gasteiger partial charge in [-0.3, -0.25) is 4.90 Å². The molecule has 24 heavy (non-hydrogen) atoms. The monoisotopic (exact) mass is 334 g/mol. The second-order valence-electron chi connectivity index (χ2n) is 5.73. The fourth-order valence-corrected chi connectivity index (χ4v) is 2.17. The minimum absolute atomic E-state index is 0. The first-order chi connectivity index (χ1) is 10.9. The number of rotatable bonds is 15. The molecule has 0 aliphatic heterocycles. The molecule has 0 heterocycles. The van der Waals surface area contributed by atoms with Gasteiger partial charge < -0.3 is 25.4 Å². The Morgan fingerprint density at radius 1 is 1.21 bits per heavy atom. The third kappa shape index (κ3) is 12.8. The molecule has 0 spiro atoms. The molecule has 6 nitrogen and oxygen atoms in total. The second-order valence-corrected chi connectivity index (χ2v) is 5.73. The molecule has 0 aromatic rings. The summed E-state index contributed by atoms with van der Waals surface area (Å²) in [5.74, 6) is -1.16. The maximum Gasteiger partial charge on any atom is 1.00 e. The van der Waals surface area contributed by atoms with Crippen molar-refractivity contribution in [3.8, 4) is 0 Å². The van der Waals surface area contributed by atoms with E-state index >= 15 is 0 Å². The van der Waals surface area contributed by atoms with E-state index < -0.39 is 24.2 Å². The van der Waals surface area contributed by atoms with Crippen molar-refractivity contribution in [3.05, 3.63) is 25.3 Å². The minimum Gasteiger partial charge on any atom is -0.548 e. The van der Waals surface area contributed by atoms with Gasteiger partial charge in [0.1, 0.15) is 0 Å². The smallest absolute Gasteiger partial charge is 0.548 e. The average Bonchev–Trinajstić information content (AvgIpc) is 2.52. The summed E-state index contributed by atoms with van der Waals surface area (Å²) in [5, 5.41) is 33.8. The summed E-state index contributed by atoms with van der Waals surface area (Å²) in [7, 11) is 0. The number of nitrogens with one attached hydrogen (secondary N) is 1. The first-order valence-electron chi connectivity index (χ1n) is 8.15. The van der Waals surface area contributed by atoms with Crippen LogP contribution >= 0.6 is 0 Å². The van der Waals surface area contributed by atoms with Crippen LogP contribution in [-0.4, -0.2) is 65.5 Å². The minimum atomic E-state index is -1.16. The van der Waals surface area contributed by atoms with Crippen LogP contribution < -0.4 is 29.3 Å². The number of carbonyl (C=O) groups is 1. The molecule has 3 unspecified atom stereocenters. The van der Waals surface area contributed by atoms with Crippen LogP contribution in [0.15, 0.2) is 25.3 Å². The normalized spacial score (nSPS) is 14.5. The van der Waals surface area contributed by atoms with Crippen LogP contribution in [0.1, 0.15) is 32.6 Å². The molecule has 134 valence electrons. The van der Waals surface area contributed by atoms with Crippen LogP contribution in [0.4, 0.5) is 0 Å². The molecule has 3 N–H and O–H groups in total. The zero-order chi connectivity index (χ0) is 17.7. The third-order valence-electron chi connectivity index (χ3n) is 3.70. The number of aliphatic hydroxyl groups is 2. The Bertz CT molecular complexity index is 355. The maximum absolute atomic E-state index is 11.1. The molecular weight excluding hydrogens is 303 g/mol. The quantitative estimate of drug-likeness (QED) is 0.165. The molecule has 0 aromatic heterocycles. The zero-order valence-corrected chi connectivity index (χ0v) is 15.1. The van der Waals surface area contributed by atoms with Gasteiger partial charge in [0.25, 0.3) is 0 Å². The van der Waals surface area contributed by atoms with Gasteiger partial charge in [-0.05, 0) is 32.6 Å². The van der Waals surface area contributed by atoms with E-state index in [4.69, 9.17) is 0 Å². The van der Waals surface area contributed by atoms with Gasteiger partial charge in [0.15, 0.2) is 0 Å². The molecule has 0 radical (unpaired) electrons. The fourth-order valence-electron chi connectivity index (χ4n) is 2.17. The van der Waals surface area contributed by atoms with E-state index in [9.17, 15) is 20.1 Å². The number of carboxylic acids is 1. The van der Waals surface area contributed by atoms with Gasteiger partial charge in [-0.2, -0.15) is 0 Å². The Morgan fingerprint density at radius 2 is 1.75 bits per heavy atom. The zero-order valence-electron chi connectivity index (χ0n) is 15.1.